The molecule has 0 rings (SSSR count). The van der Waals surface area contributed by atoms with Crippen LogP contribution in [0.5, 0.6) is 0 Å². The van der Waals surface area contributed by atoms with Gasteiger partial charge in [-0.25, -0.2) is 9.59 Å². The predicted molar refractivity (Wildman–Crippen MR) is 57.6 cm³/mol. The molecule has 1 N–H and O–H groups in total. The molecule has 0 heterocycles. The summed E-state index contributed by atoms with van der Waals surface area (Å²) in [6.45, 7) is 7.78. The first kappa shape index (κ1) is 14.9. The molecule has 0 saturated carbocycles. The van der Waals surface area contributed by atoms with Crippen molar-refractivity contribution in [2.24, 2.45) is 11.8 Å². The van der Waals surface area contributed by atoms with Crippen LogP contribution in [0, 0.1) is 11.8 Å². The summed E-state index contributed by atoms with van der Waals surface area (Å²) in [6.07, 6.45) is -1.84. The molecule has 0 aromatic carbocycles. The highest BCUT2D eigenvalue weighted by Gasteiger charge is 2.27. The minimum Gasteiger partial charge on any atom is -0.463 e. The Morgan fingerprint density at radius 1 is 0.938 bits per heavy atom. The van der Waals surface area contributed by atoms with Gasteiger partial charge in [-0.2, -0.15) is 0 Å². The Labute approximate surface area is 95.7 Å². The molecule has 0 aliphatic rings. The lowest BCUT2D eigenvalue weighted by Gasteiger charge is -2.12. The summed E-state index contributed by atoms with van der Waals surface area (Å²) in [5.74, 6) is -1.60. The van der Waals surface area contributed by atoms with E-state index in [1.165, 1.54) is 0 Å². The van der Waals surface area contributed by atoms with Gasteiger partial charge >= 0.3 is 11.9 Å². The summed E-state index contributed by atoms with van der Waals surface area (Å²) >= 11 is 0. The molecule has 0 amide bonds. The van der Waals surface area contributed by atoms with Crippen LogP contribution in [0.3, 0.4) is 0 Å². The van der Waals surface area contributed by atoms with Gasteiger partial charge in [-0.15, -0.1) is 0 Å². The van der Waals surface area contributed by atoms with Crippen LogP contribution >= 0.6 is 0 Å². The topological polar surface area (TPSA) is 72.8 Å². The fourth-order valence-corrected chi connectivity index (χ4v) is 0.752. The van der Waals surface area contributed by atoms with Crippen molar-refractivity contribution in [2.75, 3.05) is 13.2 Å². The first-order valence-electron chi connectivity index (χ1n) is 5.36. The largest absolute Gasteiger partial charge is 0.463 e. The molecule has 0 radical (unpaired) electrons. The van der Waals surface area contributed by atoms with Gasteiger partial charge in [0.2, 0.25) is 6.10 Å². The number of hydrogen-bond donors (Lipinski definition) is 1. The Hall–Kier alpha value is -1.10. The fourth-order valence-electron chi connectivity index (χ4n) is 0.752. The average molecular weight is 232 g/mol. The van der Waals surface area contributed by atoms with Crippen molar-refractivity contribution in [1.82, 2.24) is 0 Å². The lowest BCUT2D eigenvalue weighted by atomic mass is 10.2. The minimum absolute atomic E-state index is 0.155. The molecule has 16 heavy (non-hydrogen) atoms. The monoisotopic (exact) mass is 232 g/mol. The highest BCUT2D eigenvalue weighted by Crippen LogP contribution is 2.00. The van der Waals surface area contributed by atoms with Gasteiger partial charge in [0.15, 0.2) is 0 Å². The maximum Gasteiger partial charge on any atom is 0.346 e. The second kappa shape index (κ2) is 7.22. The van der Waals surface area contributed by atoms with Gasteiger partial charge in [0.25, 0.3) is 0 Å². The molecule has 0 aromatic rings. The average Bonchev–Trinajstić information content (AvgIpc) is 2.21. The van der Waals surface area contributed by atoms with Crippen LogP contribution in [-0.4, -0.2) is 36.4 Å². The van der Waals surface area contributed by atoms with Gasteiger partial charge in [-0.05, 0) is 11.8 Å². The quantitative estimate of drug-likeness (QED) is 0.540. The molecule has 0 atom stereocenters. The highest BCUT2D eigenvalue weighted by atomic mass is 16.6. The minimum atomic E-state index is -1.84. The van der Waals surface area contributed by atoms with Gasteiger partial charge < -0.3 is 14.6 Å². The molecule has 0 aromatic heterocycles. The molecular weight excluding hydrogens is 212 g/mol. The third-order valence-electron chi connectivity index (χ3n) is 1.56. The van der Waals surface area contributed by atoms with Crippen molar-refractivity contribution in [3.05, 3.63) is 0 Å². The second-order valence-electron chi connectivity index (χ2n) is 4.45. The van der Waals surface area contributed by atoms with Crippen molar-refractivity contribution < 1.29 is 24.2 Å². The van der Waals surface area contributed by atoms with E-state index < -0.39 is 18.0 Å². The Balaban J connectivity index is 3.97. The van der Waals surface area contributed by atoms with Crippen LogP contribution in [-0.2, 0) is 19.1 Å². The molecule has 5 heteroatoms. The number of rotatable bonds is 6. The van der Waals surface area contributed by atoms with E-state index in [0.29, 0.717) is 0 Å². The van der Waals surface area contributed by atoms with E-state index in [0.717, 1.165) is 0 Å². The van der Waals surface area contributed by atoms with E-state index in [4.69, 9.17) is 9.47 Å². The highest BCUT2D eigenvalue weighted by molar-refractivity contribution is 5.97. The molecule has 0 spiro atoms. The second-order valence-corrected chi connectivity index (χ2v) is 4.45. The molecule has 0 bridgehead atoms. The first-order valence-corrected chi connectivity index (χ1v) is 5.36. The number of esters is 2. The molecule has 5 nitrogen and oxygen atoms in total. The molecule has 0 fully saturated rings. The summed E-state index contributed by atoms with van der Waals surface area (Å²) in [6, 6.07) is 0. The SMILES string of the molecule is CC(C)COC(=O)C(O)C(=O)OCC(C)C. The van der Waals surface area contributed by atoms with Crippen LogP contribution in [0.2, 0.25) is 0 Å². The first-order chi connectivity index (χ1) is 7.34. The summed E-state index contributed by atoms with van der Waals surface area (Å²) in [5, 5.41) is 9.26. The molecule has 0 saturated heterocycles. The smallest absolute Gasteiger partial charge is 0.346 e. The number of aliphatic hydroxyl groups excluding tert-OH is 1. The van der Waals surface area contributed by atoms with E-state index in [-0.39, 0.29) is 25.0 Å². The Morgan fingerprint density at radius 3 is 1.50 bits per heavy atom. The van der Waals surface area contributed by atoms with Gasteiger partial charge in [0.1, 0.15) is 0 Å². The third kappa shape index (κ3) is 6.40. The number of carbonyl (C=O) groups is 2. The Bertz CT molecular complexity index is 211. The van der Waals surface area contributed by atoms with Crippen LogP contribution in [0.15, 0.2) is 0 Å². The van der Waals surface area contributed by atoms with Gasteiger partial charge in [-0.1, -0.05) is 27.7 Å². The van der Waals surface area contributed by atoms with Crippen molar-refractivity contribution in [2.45, 2.75) is 33.8 Å². The maximum absolute atomic E-state index is 11.2. The van der Waals surface area contributed by atoms with Gasteiger partial charge in [-0.3, -0.25) is 0 Å². The molecule has 0 unspecified atom stereocenters. The number of aliphatic hydroxyl groups is 1. The van der Waals surface area contributed by atoms with E-state index in [9.17, 15) is 14.7 Å². The maximum atomic E-state index is 11.2. The third-order valence-corrected chi connectivity index (χ3v) is 1.56. The van der Waals surface area contributed by atoms with E-state index in [2.05, 4.69) is 0 Å². The Morgan fingerprint density at radius 2 is 1.25 bits per heavy atom. The van der Waals surface area contributed by atoms with E-state index in [1.807, 2.05) is 27.7 Å². The van der Waals surface area contributed by atoms with Crippen molar-refractivity contribution in [1.29, 1.82) is 0 Å². The summed E-state index contributed by atoms with van der Waals surface area (Å²) < 4.78 is 9.41. The van der Waals surface area contributed by atoms with Crippen LogP contribution in [0.25, 0.3) is 0 Å². The fraction of sp³-hybridized carbons (Fsp3) is 0.818. The van der Waals surface area contributed by atoms with Crippen LogP contribution in [0.4, 0.5) is 0 Å². The van der Waals surface area contributed by atoms with Gasteiger partial charge in [0.05, 0.1) is 13.2 Å². The normalized spacial score (nSPS) is 11.0. The standard InChI is InChI=1S/C11H20O5/c1-7(2)5-15-10(13)9(12)11(14)16-6-8(3)4/h7-9,12H,5-6H2,1-4H3. The van der Waals surface area contributed by atoms with Crippen LogP contribution in [0.1, 0.15) is 27.7 Å². The molecule has 0 aliphatic carbocycles. The van der Waals surface area contributed by atoms with Crippen molar-refractivity contribution >= 4 is 11.9 Å². The molecular formula is C11H20O5. The zero-order chi connectivity index (χ0) is 12.7. The zero-order valence-electron chi connectivity index (χ0n) is 10.2. The van der Waals surface area contributed by atoms with Gasteiger partial charge in [0, 0.05) is 0 Å². The number of ether oxygens (including phenoxy) is 2. The number of hydrogen-bond acceptors (Lipinski definition) is 5. The molecule has 0 aliphatic heterocycles. The predicted octanol–water partition coefficient (Wildman–Crippen LogP) is 0.746. The number of carbonyl (C=O) groups excluding carboxylic acids is 2. The Kier molecular flexibility index (Phi) is 6.72. The van der Waals surface area contributed by atoms with Crippen LogP contribution < -0.4 is 0 Å². The summed E-state index contributed by atoms with van der Waals surface area (Å²) in [5.41, 5.74) is 0. The lowest BCUT2D eigenvalue weighted by Crippen LogP contribution is -2.34. The van der Waals surface area contributed by atoms with E-state index >= 15 is 0 Å². The summed E-state index contributed by atoms with van der Waals surface area (Å²) in [7, 11) is 0. The molecule has 94 valence electrons. The lowest BCUT2D eigenvalue weighted by molar-refractivity contribution is -0.170. The summed E-state index contributed by atoms with van der Waals surface area (Å²) in [4.78, 5) is 22.3. The zero-order valence-corrected chi connectivity index (χ0v) is 10.2. The van der Waals surface area contributed by atoms with E-state index in [1.54, 1.807) is 0 Å². The van der Waals surface area contributed by atoms with Crippen molar-refractivity contribution in [3.63, 3.8) is 0 Å². The van der Waals surface area contributed by atoms with Crippen molar-refractivity contribution in [3.8, 4) is 0 Å².